The average molecular weight is 246 g/mol. The summed E-state index contributed by atoms with van der Waals surface area (Å²) in [6.07, 6.45) is 1.86. The van der Waals surface area contributed by atoms with E-state index < -0.39 is 0 Å². The molecule has 0 saturated heterocycles. The molecular weight excluding hydrogens is 228 g/mol. The maximum atomic E-state index is 4.46. The monoisotopic (exact) mass is 246 g/mol. The fraction of sp³-hybridized carbons (Fsp3) is 0.357. The molecule has 0 bridgehead atoms. The van der Waals surface area contributed by atoms with E-state index in [1.807, 2.05) is 12.3 Å². The van der Waals surface area contributed by atoms with E-state index in [4.69, 9.17) is 0 Å². The maximum Gasteiger partial charge on any atom is 0.0496 e. The van der Waals surface area contributed by atoms with Gasteiger partial charge in [0.05, 0.1) is 0 Å². The quantitative estimate of drug-likeness (QED) is 0.872. The zero-order valence-corrected chi connectivity index (χ0v) is 11.1. The molecule has 2 rings (SSSR count). The van der Waals surface area contributed by atoms with E-state index in [0.717, 1.165) is 12.2 Å². The predicted octanol–water partition coefficient (Wildman–Crippen LogP) is 3.60. The minimum atomic E-state index is 0.356. The molecule has 0 spiro atoms. The molecule has 2 aromatic heterocycles. The van der Waals surface area contributed by atoms with Gasteiger partial charge in [-0.15, -0.1) is 11.3 Å². The highest BCUT2D eigenvalue weighted by Gasteiger charge is 2.21. The highest BCUT2D eigenvalue weighted by Crippen LogP contribution is 2.31. The van der Waals surface area contributed by atoms with Gasteiger partial charge in [-0.1, -0.05) is 26.0 Å². The van der Waals surface area contributed by atoms with Crippen LogP contribution in [0.1, 0.15) is 36.4 Å². The molecule has 1 N–H and O–H groups in total. The number of aromatic nitrogens is 1. The van der Waals surface area contributed by atoms with Crippen molar-refractivity contribution in [2.24, 2.45) is 0 Å². The molecule has 2 atom stereocenters. The lowest BCUT2D eigenvalue weighted by Gasteiger charge is -2.23. The molecule has 90 valence electrons. The number of rotatable bonds is 5. The van der Waals surface area contributed by atoms with Crippen LogP contribution in [0, 0.1) is 0 Å². The Hall–Kier alpha value is -1.19. The second kappa shape index (κ2) is 5.94. The van der Waals surface area contributed by atoms with Crippen molar-refractivity contribution in [1.29, 1.82) is 0 Å². The van der Waals surface area contributed by atoms with E-state index in [9.17, 15) is 0 Å². The number of pyridine rings is 1. The standard InChI is InChI=1S/C14H18N2S/c1-3-15-14(13-8-6-10-17-13)11(2)12-7-4-5-9-16-12/h4-11,14-15H,3H2,1-2H3. The smallest absolute Gasteiger partial charge is 0.0496 e. The molecule has 0 aliphatic rings. The van der Waals surface area contributed by atoms with Gasteiger partial charge in [0.25, 0.3) is 0 Å². The SMILES string of the molecule is CCNC(c1cccs1)C(C)c1ccccn1. The van der Waals surface area contributed by atoms with Crippen molar-refractivity contribution < 1.29 is 0 Å². The zero-order chi connectivity index (χ0) is 12.1. The lowest BCUT2D eigenvalue weighted by molar-refractivity contribution is 0.479. The Balaban J connectivity index is 2.22. The van der Waals surface area contributed by atoms with Gasteiger partial charge in [-0.25, -0.2) is 0 Å². The summed E-state index contributed by atoms with van der Waals surface area (Å²) in [7, 11) is 0. The van der Waals surface area contributed by atoms with Crippen LogP contribution >= 0.6 is 11.3 Å². The van der Waals surface area contributed by atoms with Crippen LogP contribution in [0.3, 0.4) is 0 Å². The van der Waals surface area contributed by atoms with Crippen LogP contribution in [0.5, 0.6) is 0 Å². The van der Waals surface area contributed by atoms with Gasteiger partial charge in [-0.05, 0) is 30.1 Å². The third kappa shape index (κ3) is 2.93. The molecule has 2 heterocycles. The minimum absolute atomic E-state index is 0.356. The Labute approximate surface area is 107 Å². The summed E-state index contributed by atoms with van der Waals surface area (Å²) in [5, 5.41) is 5.68. The molecule has 0 amide bonds. The van der Waals surface area contributed by atoms with Crippen LogP contribution < -0.4 is 5.32 Å². The molecular formula is C14H18N2S. The van der Waals surface area contributed by atoms with Crippen LogP contribution in [-0.4, -0.2) is 11.5 Å². The molecule has 0 aromatic carbocycles. The summed E-state index contributed by atoms with van der Waals surface area (Å²) < 4.78 is 0. The highest BCUT2D eigenvalue weighted by molar-refractivity contribution is 7.10. The lowest BCUT2D eigenvalue weighted by Crippen LogP contribution is -2.25. The number of nitrogens with zero attached hydrogens (tertiary/aromatic N) is 1. The second-order valence-corrected chi connectivity index (χ2v) is 5.07. The summed E-state index contributed by atoms with van der Waals surface area (Å²) >= 11 is 1.80. The number of nitrogens with one attached hydrogen (secondary N) is 1. The molecule has 2 unspecified atom stereocenters. The fourth-order valence-electron chi connectivity index (χ4n) is 2.03. The Morgan fingerprint density at radius 2 is 2.18 bits per heavy atom. The summed E-state index contributed by atoms with van der Waals surface area (Å²) in [4.78, 5) is 5.84. The average Bonchev–Trinajstić information content (AvgIpc) is 2.90. The third-order valence-corrected chi connectivity index (χ3v) is 3.88. The summed E-state index contributed by atoms with van der Waals surface area (Å²) in [5.74, 6) is 0.384. The molecule has 0 aliphatic heterocycles. The van der Waals surface area contributed by atoms with E-state index in [1.54, 1.807) is 11.3 Å². The van der Waals surface area contributed by atoms with Crippen molar-refractivity contribution in [3.05, 3.63) is 52.5 Å². The topological polar surface area (TPSA) is 24.9 Å². The second-order valence-electron chi connectivity index (χ2n) is 4.09. The van der Waals surface area contributed by atoms with Crippen LogP contribution in [-0.2, 0) is 0 Å². The number of hydrogen-bond donors (Lipinski definition) is 1. The molecule has 0 fully saturated rings. The summed E-state index contributed by atoms with van der Waals surface area (Å²) in [6, 6.07) is 10.8. The first-order valence-corrected chi connectivity index (χ1v) is 6.88. The van der Waals surface area contributed by atoms with Crippen molar-refractivity contribution in [3.63, 3.8) is 0 Å². The van der Waals surface area contributed by atoms with Crippen molar-refractivity contribution >= 4 is 11.3 Å². The van der Waals surface area contributed by atoms with Gasteiger partial charge in [0.15, 0.2) is 0 Å². The van der Waals surface area contributed by atoms with Gasteiger partial charge in [-0.2, -0.15) is 0 Å². The van der Waals surface area contributed by atoms with Crippen LogP contribution in [0.2, 0.25) is 0 Å². The van der Waals surface area contributed by atoms with Crippen LogP contribution in [0.4, 0.5) is 0 Å². The molecule has 3 heteroatoms. The first-order valence-electron chi connectivity index (χ1n) is 6.00. The first-order chi connectivity index (χ1) is 8.33. The van der Waals surface area contributed by atoms with Gasteiger partial charge >= 0.3 is 0 Å². The van der Waals surface area contributed by atoms with Gasteiger partial charge in [0.1, 0.15) is 0 Å². The summed E-state index contributed by atoms with van der Waals surface area (Å²) in [5.41, 5.74) is 1.15. The zero-order valence-electron chi connectivity index (χ0n) is 10.3. The fourth-order valence-corrected chi connectivity index (χ4v) is 2.93. The lowest BCUT2D eigenvalue weighted by atomic mass is 9.96. The van der Waals surface area contributed by atoms with Gasteiger partial charge in [-0.3, -0.25) is 4.98 Å². The van der Waals surface area contributed by atoms with Crippen molar-refractivity contribution in [2.45, 2.75) is 25.8 Å². The predicted molar refractivity (Wildman–Crippen MR) is 73.4 cm³/mol. The Bertz CT molecular complexity index is 425. The molecule has 2 nitrogen and oxygen atoms in total. The Morgan fingerprint density at radius 1 is 1.29 bits per heavy atom. The number of thiophene rings is 1. The Kier molecular flexibility index (Phi) is 4.29. The third-order valence-electron chi connectivity index (χ3n) is 2.93. The molecule has 17 heavy (non-hydrogen) atoms. The van der Waals surface area contributed by atoms with Gasteiger partial charge in [0.2, 0.25) is 0 Å². The first kappa shape index (κ1) is 12.3. The normalized spacial score (nSPS) is 14.5. The largest absolute Gasteiger partial charge is 0.309 e. The van der Waals surface area contributed by atoms with Gasteiger partial charge < -0.3 is 5.32 Å². The van der Waals surface area contributed by atoms with Crippen molar-refractivity contribution in [2.75, 3.05) is 6.54 Å². The number of hydrogen-bond acceptors (Lipinski definition) is 3. The molecule has 0 saturated carbocycles. The molecule has 2 aromatic rings. The maximum absolute atomic E-state index is 4.46. The van der Waals surface area contributed by atoms with E-state index in [-0.39, 0.29) is 0 Å². The Morgan fingerprint density at radius 3 is 2.76 bits per heavy atom. The van der Waals surface area contributed by atoms with Gasteiger partial charge in [0, 0.05) is 28.7 Å². The molecule has 0 radical (unpaired) electrons. The number of likely N-dealkylation sites (N-methyl/N-ethyl adjacent to an activating group) is 1. The highest BCUT2D eigenvalue weighted by atomic mass is 32.1. The summed E-state index contributed by atoms with van der Waals surface area (Å²) in [6.45, 7) is 5.35. The van der Waals surface area contributed by atoms with Crippen molar-refractivity contribution in [1.82, 2.24) is 10.3 Å². The van der Waals surface area contributed by atoms with Crippen molar-refractivity contribution in [3.8, 4) is 0 Å². The minimum Gasteiger partial charge on any atom is -0.309 e. The van der Waals surface area contributed by atoms with Crippen LogP contribution in [0.25, 0.3) is 0 Å². The van der Waals surface area contributed by atoms with E-state index in [0.29, 0.717) is 12.0 Å². The van der Waals surface area contributed by atoms with Crippen LogP contribution in [0.15, 0.2) is 41.9 Å². The van der Waals surface area contributed by atoms with E-state index >= 15 is 0 Å². The molecule has 0 aliphatic carbocycles. The van der Waals surface area contributed by atoms with E-state index in [1.165, 1.54) is 4.88 Å². The van der Waals surface area contributed by atoms with E-state index in [2.05, 4.69) is 53.8 Å².